The molecule has 3 atom stereocenters. The molecule has 1 aliphatic carbocycles. The van der Waals surface area contributed by atoms with Crippen LogP contribution in [0.5, 0.6) is 0 Å². The van der Waals surface area contributed by atoms with E-state index in [2.05, 4.69) is 29.1 Å². The van der Waals surface area contributed by atoms with Gasteiger partial charge in [-0.3, -0.25) is 4.79 Å². The molecule has 0 aliphatic heterocycles. The van der Waals surface area contributed by atoms with Crippen LogP contribution in [0.1, 0.15) is 33.1 Å². The summed E-state index contributed by atoms with van der Waals surface area (Å²) in [5, 5.41) is 3.34. The van der Waals surface area contributed by atoms with E-state index >= 15 is 0 Å². The van der Waals surface area contributed by atoms with Gasteiger partial charge >= 0.3 is 0 Å². The molecule has 3 unspecified atom stereocenters. The molecule has 88 valence electrons. The minimum Gasteiger partial charge on any atom is -0.367 e. The van der Waals surface area contributed by atoms with Crippen molar-refractivity contribution in [3.8, 4) is 0 Å². The zero-order chi connectivity index (χ0) is 11.5. The summed E-state index contributed by atoms with van der Waals surface area (Å²) < 4.78 is 0. The third kappa shape index (κ3) is 2.62. The average Bonchev–Trinajstić information content (AvgIpc) is 2.24. The lowest BCUT2D eigenvalue weighted by atomic mass is 9.79. The zero-order valence-corrected chi connectivity index (χ0v) is 9.86. The maximum Gasteiger partial charge on any atom is 0.252 e. The number of nitrogens with one attached hydrogen (secondary N) is 2. The van der Waals surface area contributed by atoms with Crippen LogP contribution in [0, 0.1) is 11.8 Å². The van der Waals surface area contributed by atoms with Gasteiger partial charge in [-0.2, -0.15) is 0 Å². The van der Waals surface area contributed by atoms with Crippen molar-refractivity contribution in [1.82, 2.24) is 9.97 Å². The van der Waals surface area contributed by atoms with Crippen LogP contribution in [0.4, 0.5) is 5.82 Å². The van der Waals surface area contributed by atoms with E-state index in [1.807, 2.05) is 0 Å². The number of hydrogen-bond acceptors (Lipinski definition) is 3. The summed E-state index contributed by atoms with van der Waals surface area (Å²) in [7, 11) is 0. The Morgan fingerprint density at radius 2 is 2.19 bits per heavy atom. The van der Waals surface area contributed by atoms with Crippen molar-refractivity contribution in [2.24, 2.45) is 11.8 Å². The Balaban J connectivity index is 1.98. The summed E-state index contributed by atoms with van der Waals surface area (Å²) in [5.74, 6) is 2.24. The third-order valence-corrected chi connectivity index (χ3v) is 3.63. The molecule has 0 radical (unpaired) electrons. The smallest absolute Gasteiger partial charge is 0.252 e. The fourth-order valence-electron chi connectivity index (χ4n) is 2.34. The van der Waals surface area contributed by atoms with Crippen LogP contribution in [-0.2, 0) is 0 Å². The van der Waals surface area contributed by atoms with Gasteiger partial charge < -0.3 is 10.3 Å². The van der Waals surface area contributed by atoms with Gasteiger partial charge in [-0.1, -0.05) is 13.8 Å². The zero-order valence-electron chi connectivity index (χ0n) is 9.86. The molecule has 2 N–H and O–H groups in total. The van der Waals surface area contributed by atoms with Crippen molar-refractivity contribution in [3.63, 3.8) is 0 Å². The van der Waals surface area contributed by atoms with E-state index in [-0.39, 0.29) is 5.56 Å². The van der Waals surface area contributed by atoms with E-state index in [1.54, 1.807) is 0 Å². The van der Waals surface area contributed by atoms with Gasteiger partial charge in [0, 0.05) is 12.1 Å². The quantitative estimate of drug-likeness (QED) is 0.803. The average molecular weight is 221 g/mol. The lowest BCUT2D eigenvalue weighted by Gasteiger charge is -2.32. The van der Waals surface area contributed by atoms with Crippen molar-refractivity contribution in [2.75, 3.05) is 5.32 Å². The maximum absolute atomic E-state index is 11.1. The number of H-pyrrole nitrogens is 1. The monoisotopic (exact) mass is 221 g/mol. The number of nitrogens with zero attached hydrogens (tertiary/aromatic N) is 1. The van der Waals surface area contributed by atoms with Gasteiger partial charge in [0.1, 0.15) is 5.82 Å². The Kier molecular flexibility index (Phi) is 3.27. The molecule has 2 rings (SSSR count). The lowest BCUT2D eigenvalue weighted by molar-refractivity contribution is 0.260. The molecule has 0 aromatic carbocycles. The van der Waals surface area contributed by atoms with Crippen molar-refractivity contribution in [3.05, 3.63) is 22.7 Å². The molecule has 1 saturated carbocycles. The topological polar surface area (TPSA) is 57.8 Å². The first-order valence-corrected chi connectivity index (χ1v) is 5.96. The predicted octanol–water partition coefficient (Wildman–Crippen LogP) is 2.01. The fourth-order valence-corrected chi connectivity index (χ4v) is 2.34. The van der Waals surface area contributed by atoms with Crippen molar-refractivity contribution in [1.29, 1.82) is 0 Å². The van der Waals surface area contributed by atoms with Gasteiger partial charge in [-0.15, -0.1) is 0 Å². The summed E-state index contributed by atoms with van der Waals surface area (Å²) in [5.41, 5.74) is -0.102. The first-order valence-electron chi connectivity index (χ1n) is 5.96. The van der Waals surface area contributed by atoms with Crippen LogP contribution in [-0.4, -0.2) is 16.0 Å². The highest BCUT2D eigenvalue weighted by atomic mass is 16.1. The van der Waals surface area contributed by atoms with Crippen LogP contribution in [0.25, 0.3) is 0 Å². The highest BCUT2D eigenvalue weighted by Crippen LogP contribution is 2.30. The number of rotatable bonds is 2. The largest absolute Gasteiger partial charge is 0.367 e. The van der Waals surface area contributed by atoms with E-state index < -0.39 is 0 Å². The van der Waals surface area contributed by atoms with E-state index in [1.165, 1.54) is 25.2 Å². The summed E-state index contributed by atoms with van der Waals surface area (Å²) in [6, 6.07) is 1.98. The molecule has 16 heavy (non-hydrogen) atoms. The second-order valence-corrected chi connectivity index (χ2v) is 4.91. The number of aromatic amines is 1. The first kappa shape index (κ1) is 11.2. The summed E-state index contributed by atoms with van der Waals surface area (Å²) in [4.78, 5) is 17.7. The van der Waals surface area contributed by atoms with Crippen molar-refractivity contribution >= 4 is 5.82 Å². The van der Waals surface area contributed by atoms with E-state index in [0.29, 0.717) is 11.9 Å². The number of aromatic nitrogens is 2. The second-order valence-electron chi connectivity index (χ2n) is 4.91. The van der Waals surface area contributed by atoms with Gasteiger partial charge in [0.05, 0.1) is 6.33 Å². The third-order valence-electron chi connectivity index (χ3n) is 3.63. The standard InChI is InChI=1S/C12H19N3O/c1-8-3-4-10(5-9(8)2)15-11-6-12(16)14-7-13-11/h6-10H,3-5H2,1-2H3,(H2,13,14,15,16). The summed E-state index contributed by atoms with van der Waals surface area (Å²) in [6.45, 7) is 4.61. The van der Waals surface area contributed by atoms with Gasteiger partial charge in [0.15, 0.2) is 0 Å². The van der Waals surface area contributed by atoms with Crippen LogP contribution in [0.3, 0.4) is 0 Å². The molecule has 0 spiro atoms. The van der Waals surface area contributed by atoms with E-state index in [4.69, 9.17) is 0 Å². The number of hydrogen-bond donors (Lipinski definition) is 2. The molecule has 1 fully saturated rings. The van der Waals surface area contributed by atoms with Crippen LogP contribution in [0.2, 0.25) is 0 Å². The van der Waals surface area contributed by atoms with Crippen LogP contribution < -0.4 is 10.9 Å². The van der Waals surface area contributed by atoms with Gasteiger partial charge in [0.25, 0.3) is 5.56 Å². The van der Waals surface area contributed by atoms with Crippen molar-refractivity contribution < 1.29 is 0 Å². The first-order chi connectivity index (χ1) is 7.65. The molecule has 1 aromatic heterocycles. The molecule has 4 nitrogen and oxygen atoms in total. The van der Waals surface area contributed by atoms with E-state index in [9.17, 15) is 4.79 Å². The molecule has 0 bridgehead atoms. The molecule has 0 amide bonds. The minimum absolute atomic E-state index is 0.102. The van der Waals surface area contributed by atoms with Crippen molar-refractivity contribution in [2.45, 2.75) is 39.2 Å². The summed E-state index contributed by atoms with van der Waals surface area (Å²) >= 11 is 0. The second kappa shape index (κ2) is 4.68. The Morgan fingerprint density at radius 3 is 2.88 bits per heavy atom. The Morgan fingerprint density at radius 1 is 1.38 bits per heavy atom. The fraction of sp³-hybridized carbons (Fsp3) is 0.667. The normalized spacial score (nSPS) is 30.0. The van der Waals surface area contributed by atoms with Crippen LogP contribution >= 0.6 is 0 Å². The van der Waals surface area contributed by atoms with Crippen LogP contribution in [0.15, 0.2) is 17.2 Å². The summed E-state index contributed by atoms with van der Waals surface area (Å²) in [6.07, 6.45) is 5.03. The maximum atomic E-state index is 11.1. The Hall–Kier alpha value is -1.32. The molecule has 1 aromatic rings. The Labute approximate surface area is 95.5 Å². The molecule has 1 aliphatic rings. The molecule has 4 heteroatoms. The molecular formula is C12H19N3O. The molecular weight excluding hydrogens is 202 g/mol. The molecule has 1 heterocycles. The predicted molar refractivity (Wildman–Crippen MR) is 64.4 cm³/mol. The lowest BCUT2D eigenvalue weighted by Crippen LogP contribution is -2.31. The van der Waals surface area contributed by atoms with Gasteiger partial charge in [0.2, 0.25) is 0 Å². The van der Waals surface area contributed by atoms with E-state index in [0.717, 1.165) is 18.3 Å². The molecule has 0 saturated heterocycles. The minimum atomic E-state index is -0.102. The highest BCUT2D eigenvalue weighted by Gasteiger charge is 2.24. The van der Waals surface area contributed by atoms with Gasteiger partial charge in [-0.05, 0) is 31.1 Å². The highest BCUT2D eigenvalue weighted by molar-refractivity contribution is 5.33. The Bertz CT molecular complexity index is 401. The van der Waals surface area contributed by atoms with Gasteiger partial charge in [-0.25, -0.2) is 4.98 Å². The SMILES string of the molecule is CC1CCC(Nc2cc(=O)[nH]cn2)CC1C. The number of anilines is 1.